The van der Waals surface area contributed by atoms with E-state index in [0.29, 0.717) is 5.03 Å². The summed E-state index contributed by atoms with van der Waals surface area (Å²) in [5.74, 6) is 0. The summed E-state index contributed by atoms with van der Waals surface area (Å²) < 4.78 is 11.9. The largest absolute Gasteiger partial charge is 0.247 e. The number of aromatic nitrogens is 1. The van der Waals surface area contributed by atoms with E-state index in [0.717, 1.165) is 4.90 Å². The summed E-state index contributed by atoms with van der Waals surface area (Å²) in [6.07, 6.45) is 1.65. The Kier molecular flexibility index (Phi) is 2.70. The van der Waals surface area contributed by atoms with Gasteiger partial charge in [0.1, 0.15) is 15.8 Å². The zero-order valence-corrected chi connectivity index (χ0v) is 8.28. The summed E-state index contributed by atoms with van der Waals surface area (Å²) in [6, 6.07) is 14.7. The summed E-state index contributed by atoms with van der Waals surface area (Å²) >= 11 is 0. The van der Waals surface area contributed by atoms with Gasteiger partial charge in [-0.25, -0.2) is 9.19 Å². The van der Waals surface area contributed by atoms with E-state index in [9.17, 15) is 4.21 Å². The topological polar surface area (TPSA) is 30.0 Å². The first-order valence-corrected chi connectivity index (χ1v) is 5.41. The second kappa shape index (κ2) is 4.15. The van der Waals surface area contributed by atoms with Crippen LogP contribution in [-0.4, -0.2) is 9.19 Å². The molecule has 70 valence electrons. The minimum absolute atomic E-state index is 0.596. The average molecular weight is 203 g/mol. The van der Waals surface area contributed by atoms with Crippen LogP contribution in [0.3, 0.4) is 0 Å². The van der Waals surface area contributed by atoms with Crippen molar-refractivity contribution in [1.29, 1.82) is 0 Å². The van der Waals surface area contributed by atoms with Crippen molar-refractivity contribution in [2.45, 2.75) is 9.92 Å². The van der Waals surface area contributed by atoms with Gasteiger partial charge in [0.2, 0.25) is 0 Å². The van der Waals surface area contributed by atoms with Crippen LogP contribution >= 0.6 is 0 Å². The molecule has 1 heterocycles. The maximum absolute atomic E-state index is 11.9. The average Bonchev–Trinajstić information content (AvgIpc) is 2.30. The van der Waals surface area contributed by atoms with Crippen molar-refractivity contribution in [3.05, 3.63) is 54.7 Å². The number of nitrogens with zero attached hydrogens (tertiary/aromatic N) is 1. The van der Waals surface area contributed by atoms with Gasteiger partial charge in [-0.15, -0.1) is 0 Å². The molecular formula is C11H9NOS. The highest BCUT2D eigenvalue weighted by atomic mass is 32.2. The Morgan fingerprint density at radius 1 is 0.929 bits per heavy atom. The van der Waals surface area contributed by atoms with Crippen LogP contribution in [0.2, 0.25) is 0 Å². The fraction of sp³-hybridized carbons (Fsp3) is 0. The zero-order valence-electron chi connectivity index (χ0n) is 7.46. The zero-order chi connectivity index (χ0) is 9.80. The molecule has 1 unspecified atom stereocenters. The first-order valence-electron chi connectivity index (χ1n) is 4.26. The molecule has 1 aromatic heterocycles. The Labute approximate surface area is 85.1 Å². The molecule has 0 radical (unpaired) electrons. The molecule has 3 heteroatoms. The summed E-state index contributed by atoms with van der Waals surface area (Å²) in [4.78, 5) is 4.84. The van der Waals surface area contributed by atoms with Gasteiger partial charge in [0.05, 0.1) is 0 Å². The van der Waals surface area contributed by atoms with Gasteiger partial charge in [0, 0.05) is 11.1 Å². The van der Waals surface area contributed by atoms with Crippen LogP contribution in [0.15, 0.2) is 64.6 Å². The molecule has 2 aromatic rings. The van der Waals surface area contributed by atoms with Crippen molar-refractivity contribution in [3.63, 3.8) is 0 Å². The van der Waals surface area contributed by atoms with Crippen LogP contribution in [0.1, 0.15) is 0 Å². The molecule has 0 spiro atoms. The summed E-state index contributed by atoms with van der Waals surface area (Å²) in [7, 11) is -1.16. The van der Waals surface area contributed by atoms with Crippen molar-refractivity contribution in [3.8, 4) is 0 Å². The highest BCUT2D eigenvalue weighted by Crippen LogP contribution is 2.12. The van der Waals surface area contributed by atoms with E-state index in [1.807, 2.05) is 42.5 Å². The Balaban J connectivity index is 2.35. The molecule has 1 aromatic carbocycles. The smallest absolute Gasteiger partial charge is 0.132 e. The van der Waals surface area contributed by atoms with Crippen LogP contribution in [0.5, 0.6) is 0 Å². The second-order valence-corrected chi connectivity index (χ2v) is 4.18. The molecule has 0 bridgehead atoms. The van der Waals surface area contributed by atoms with Crippen molar-refractivity contribution >= 4 is 10.8 Å². The Morgan fingerprint density at radius 2 is 1.64 bits per heavy atom. The monoisotopic (exact) mass is 203 g/mol. The van der Waals surface area contributed by atoms with Crippen molar-refractivity contribution < 1.29 is 4.21 Å². The lowest BCUT2D eigenvalue weighted by Gasteiger charge is -1.99. The van der Waals surface area contributed by atoms with Gasteiger partial charge in [-0.1, -0.05) is 24.3 Å². The molecule has 2 nitrogen and oxygen atoms in total. The van der Waals surface area contributed by atoms with Crippen molar-refractivity contribution in [1.82, 2.24) is 4.98 Å². The minimum atomic E-state index is -1.16. The number of hydrogen-bond acceptors (Lipinski definition) is 2. The van der Waals surface area contributed by atoms with E-state index in [-0.39, 0.29) is 0 Å². The second-order valence-electron chi connectivity index (χ2n) is 2.75. The Morgan fingerprint density at radius 3 is 2.29 bits per heavy atom. The summed E-state index contributed by atoms with van der Waals surface area (Å²) in [5.41, 5.74) is 0. The maximum Gasteiger partial charge on any atom is 0.132 e. The number of pyridine rings is 1. The maximum atomic E-state index is 11.9. The number of rotatable bonds is 2. The molecule has 0 saturated heterocycles. The van der Waals surface area contributed by atoms with Crippen LogP contribution in [0.4, 0.5) is 0 Å². The SMILES string of the molecule is O=S(c1ccccc1)c1ccccn1. The predicted molar refractivity (Wildman–Crippen MR) is 55.4 cm³/mol. The van der Waals surface area contributed by atoms with Crippen molar-refractivity contribution in [2.75, 3.05) is 0 Å². The third-order valence-electron chi connectivity index (χ3n) is 1.78. The number of hydrogen-bond donors (Lipinski definition) is 0. The standard InChI is InChI=1S/C11H9NOS/c13-14(10-6-2-1-3-7-10)11-8-4-5-9-12-11/h1-9H. The Hall–Kier alpha value is -1.48. The highest BCUT2D eigenvalue weighted by molar-refractivity contribution is 7.85. The van der Waals surface area contributed by atoms with E-state index < -0.39 is 10.8 Å². The minimum Gasteiger partial charge on any atom is -0.247 e. The van der Waals surface area contributed by atoms with E-state index in [4.69, 9.17) is 0 Å². The fourth-order valence-electron chi connectivity index (χ4n) is 1.12. The highest BCUT2D eigenvalue weighted by Gasteiger charge is 2.05. The van der Waals surface area contributed by atoms with Gasteiger partial charge in [0.15, 0.2) is 0 Å². The van der Waals surface area contributed by atoms with Gasteiger partial charge < -0.3 is 0 Å². The molecular weight excluding hydrogens is 194 g/mol. The molecule has 0 aliphatic heterocycles. The molecule has 2 rings (SSSR count). The van der Waals surface area contributed by atoms with E-state index in [1.54, 1.807) is 12.3 Å². The lowest BCUT2D eigenvalue weighted by Crippen LogP contribution is -1.94. The van der Waals surface area contributed by atoms with Gasteiger partial charge in [-0.3, -0.25) is 0 Å². The number of benzene rings is 1. The fourth-order valence-corrected chi connectivity index (χ4v) is 2.13. The van der Waals surface area contributed by atoms with E-state index in [2.05, 4.69) is 4.98 Å². The molecule has 14 heavy (non-hydrogen) atoms. The molecule has 0 fully saturated rings. The molecule has 0 N–H and O–H groups in total. The van der Waals surface area contributed by atoms with Gasteiger partial charge in [0.25, 0.3) is 0 Å². The first-order chi connectivity index (χ1) is 6.88. The van der Waals surface area contributed by atoms with Crippen molar-refractivity contribution in [2.24, 2.45) is 0 Å². The molecule has 0 aliphatic carbocycles. The van der Waals surface area contributed by atoms with Gasteiger partial charge >= 0.3 is 0 Å². The van der Waals surface area contributed by atoms with Crippen LogP contribution < -0.4 is 0 Å². The normalized spacial score (nSPS) is 12.3. The molecule has 0 aliphatic rings. The van der Waals surface area contributed by atoms with Crippen LogP contribution in [-0.2, 0) is 10.8 Å². The van der Waals surface area contributed by atoms with Crippen LogP contribution in [0, 0.1) is 0 Å². The quantitative estimate of drug-likeness (QED) is 0.749. The van der Waals surface area contributed by atoms with E-state index >= 15 is 0 Å². The van der Waals surface area contributed by atoms with Crippen LogP contribution in [0.25, 0.3) is 0 Å². The molecule has 0 amide bonds. The molecule has 1 atom stereocenters. The molecule has 0 saturated carbocycles. The Bertz CT molecular complexity index is 386. The lowest BCUT2D eigenvalue weighted by atomic mass is 10.4. The third kappa shape index (κ3) is 1.88. The van der Waals surface area contributed by atoms with Gasteiger partial charge in [-0.05, 0) is 24.3 Å². The lowest BCUT2D eigenvalue weighted by molar-refractivity contribution is 0.680. The summed E-state index contributed by atoms with van der Waals surface area (Å²) in [5, 5.41) is 0.596. The van der Waals surface area contributed by atoms with E-state index in [1.165, 1.54) is 0 Å². The predicted octanol–water partition coefficient (Wildman–Crippen LogP) is 2.25. The first kappa shape index (κ1) is 9.09. The third-order valence-corrected chi connectivity index (χ3v) is 3.11. The summed E-state index contributed by atoms with van der Waals surface area (Å²) in [6.45, 7) is 0. The van der Waals surface area contributed by atoms with Gasteiger partial charge in [-0.2, -0.15) is 0 Å².